The summed E-state index contributed by atoms with van der Waals surface area (Å²) in [6.45, 7) is 2.57. The Balaban J connectivity index is 1.58. The fourth-order valence-corrected chi connectivity index (χ4v) is 5.14. The van der Waals surface area contributed by atoms with Crippen molar-refractivity contribution < 1.29 is 19.1 Å². The van der Waals surface area contributed by atoms with Crippen molar-refractivity contribution in [3.8, 4) is 11.4 Å². The second kappa shape index (κ2) is 10.0. The highest BCUT2D eigenvalue weighted by Crippen LogP contribution is 2.36. The van der Waals surface area contributed by atoms with E-state index in [0.717, 1.165) is 12.8 Å². The Hall–Kier alpha value is -3.40. The second-order valence-corrected chi connectivity index (χ2v) is 8.93. The summed E-state index contributed by atoms with van der Waals surface area (Å²) in [5, 5.41) is 8.96. The van der Waals surface area contributed by atoms with Crippen LogP contribution in [-0.4, -0.2) is 68.8 Å². The number of carbonyl (C=O) groups excluding carboxylic acids is 2. The van der Waals surface area contributed by atoms with Crippen LogP contribution in [-0.2, 0) is 4.74 Å². The zero-order valence-electron chi connectivity index (χ0n) is 18.7. The van der Waals surface area contributed by atoms with Gasteiger partial charge < -0.3 is 14.4 Å². The van der Waals surface area contributed by atoms with Crippen LogP contribution in [0.5, 0.6) is 5.75 Å². The van der Waals surface area contributed by atoms with Gasteiger partial charge in [0.2, 0.25) is 0 Å². The summed E-state index contributed by atoms with van der Waals surface area (Å²) in [5.41, 5.74) is 1.48. The van der Waals surface area contributed by atoms with Gasteiger partial charge in [0.1, 0.15) is 16.3 Å². The molecule has 0 N–H and O–H groups in total. The standard InChI is InChI=1S/C23H25N5O4S/c1-15-8-9-16(33-21-20(23(30)32-3)19(31-2)10-11-24-21)14-27(15)22(29)17-6-4-5-7-18(17)28-25-12-13-26-28/h4-7,10-13,15-16H,8-9,14H2,1-3H3. The predicted molar refractivity (Wildman–Crippen MR) is 123 cm³/mol. The van der Waals surface area contributed by atoms with E-state index in [0.29, 0.717) is 34.1 Å². The first-order valence-corrected chi connectivity index (χ1v) is 11.5. The molecular formula is C23H25N5O4S. The molecule has 4 rings (SSSR count). The average Bonchev–Trinajstić information content (AvgIpc) is 3.39. The Labute approximate surface area is 196 Å². The van der Waals surface area contributed by atoms with E-state index in [2.05, 4.69) is 22.1 Å². The van der Waals surface area contributed by atoms with E-state index < -0.39 is 5.97 Å². The number of aromatic nitrogens is 4. The molecule has 33 heavy (non-hydrogen) atoms. The summed E-state index contributed by atoms with van der Waals surface area (Å²) < 4.78 is 10.3. The Bertz CT molecular complexity index is 1140. The number of esters is 1. The van der Waals surface area contributed by atoms with Gasteiger partial charge in [-0.3, -0.25) is 4.79 Å². The lowest BCUT2D eigenvalue weighted by Gasteiger charge is -2.38. The number of para-hydroxylation sites is 1. The number of hydrogen-bond acceptors (Lipinski definition) is 8. The van der Waals surface area contributed by atoms with Gasteiger partial charge in [0.25, 0.3) is 5.91 Å². The van der Waals surface area contributed by atoms with E-state index in [1.807, 2.05) is 23.1 Å². The molecule has 172 valence electrons. The molecule has 3 heterocycles. The fraction of sp³-hybridized carbons (Fsp3) is 0.348. The van der Waals surface area contributed by atoms with Crippen molar-refractivity contribution in [2.45, 2.75) is 36.1 Å². The minimum absolute atomic E-state index is 0.0585. The lowest BCUT2D eigenvalue weighted by Crippen LogP contribution is -2.47. The van der Waals surface area contributed by atoms with E-state index in [1.54, 1.807) is 30.7 Å². The Morgan fingerprint density at radius 1 is 1.06 bits per heavy atom. The molecule has 2 aromatic heterocycles. The minimum Gasteiger partial charge on any atom is -0.496 e. The molecule has 0 saturated carbocycles. The van der Waals surface area contributed by atoms with Crippen LogP contribution >= 0.6 is 11.8 Å². The molecular weight excluding hydrogens is 442 g/mol. The first-order chi connectivity index (χ1) is 16.0. The third-order valence-electron chi connectivity index (χ3n) is 5.63. The largest absolute Gasteiger partial charge is 0.496 e. The van der Waals surface area contributed by atoms with Crippen LogP contribution < -0.4 is 4.74 Å². The molecule has 1 aliphatic rings. The second-order valence-electron chi connectivity index (χ2n) is 7.64. The van der Waals surface area contributed by atoms with Gasteiger partial charge >= 0.3 is 5.97 Å². The van der Waals surface area contributed by atoms with E-state index in [-0.39, 0.29) is 17.2 Å². The smallest absolute Gasteiger partial charge is 0.344 e. The molecule has 1 aliphatic heterocycles. The predicted octanol–water partition coefficient (Wildman–Crippen LogP) is 3.24. The molecule has 1 saturated heterocycles. The molecule has 1 aromatic carbocycles. The number of amides is 1. The quantitative estimate of drug-likeness (QED) is 0.510. The molecule has 2 unspecified atom stereocenters. The summed E-state index contributed by atoms with van der Waals surface area (Å²) in [4.78, 5) is 33.7. The van der Waals surface area contributed by atoms with E-state index >= 15 is 0 Å². The van der Waals surface area contributed by atoms with Gasteiger partial charge in [0.05, 0.1) is 37.9 Å². The number of methoxy groups -OCH3 is 2. The van der Waals surface area contributed by atoms with E-state index in [9.17, 15) is 9.59 Å². The van der Waals surface area contributed by atoms with Crippen LogP contribution in [0.4, 0.5) is 0 Å². The van der Waals surface area contributed by atoms with Gasteiger partial charge in [-0.2, -0.15) is 15.0 Å². The molecule has 0 aliphatic carbocycles. The van der Waals surface area contributed by atoms with E-state index in [4.69, 9.17) is 9.47 Å². The maximum absolute atomic E-state index is 13.6. The van der Waals surface area contributed by atoms with Gasteiger partial charge in [-0.15, -0.1) is 11.8 Å². The van der Waals surface area contributed by atoms with Crippen molar-refractivity contribution in [3.63, 3.8) is 0 Å². The Kier molecular flexibility index (Phi) is 6.93. The highest BCUT2D eigenvalue weighted by Gasteiger charge is 2.33. The highest BCUT2D eigenvalue weighted by molar-refractivity contribution is 8.00. The number of likely N-dealkylation sites (tertiary alicyclic amines) is 1. The SMILES string of the molecule is COC(=O)c1c(OC)ccnc1SC1CCC(C)N(C(=O)c2ccccc2-n2nccn2)C1. The van der Waals surface area contributed by atoms with Crippen LogP contribution in [0.3, 0.4) is 0 Å². The van der Waals surface area contributed by atoms with Crippen LogP contribution in [0.25, 0.3) is 5.69 Å². The van der Waals surface area contributed by atoms with Crippen LogP contribution in [0.15, 0.2) is 53.9 Å². The zero-order valence-corrected chi connectivity index (χ0v) is 19.5. The van der Waals surface area contributed by atoms with Crippen LogP contribution in [0, 0.1) is 0 Å². The summed E-state index contributed by atoms with van der Waals surface area (Å²) >= 11 is 1.47. The molecule has 0 bridgehead atoms. The number of ether oxygens (including phenoxy) is 2. The third-order valence-corrected chi connectivity index (χ3v) is 6.88. The maximum Gasteiger partial charge on any atom is 0.344 e. The molecule has 1 fully saturated rings. The molecule has 1 amide bonds. The van der Waals surface area contributed by atoms with Crippen LogP contribution in [0.2, 0.25) is 0 Å². The summed E-state index contributed by atoms with van der Waals surface area (Å²) in [5.74, 6) is -0.162. The molecule has 9 nitrogen and oxygen atoms in total. The van der Waals surface area contributed by atoms with Crippen molar-refractivity contribution in [2.24, 2.45) is 0 Å². The number of rotatable bonds is 6. The lowest BCUT2D eigenvalue weighted by atomic mass is 10.0. The molecule has 0 spiro atoms. The first kappa shape index (κ1) is 22.8. The number of carbonyl (C=O) groups is 2. The topological polar surface area (TPSA) is 99.4 Å². The van der Waals surface area contributed by atoms with Gasteiger partial charge in [0.15, 0.2) is 0 Å². The number of piperidine rings is 1. The summed E-state index contributed by atoms with van der Waals surface area (Å²) in [6, 6.07) is 9.03. The van der Waals surface area contributed by atoms with Crippen molar-refractivity contribution in [1.29, 1.82) is 0 Å². The minimum atomic E-state index is -0.500. The van der Waals surface area contributed by atoms with Crippen LogP contribution in [0.1, 0.15) is 40.5 Å². The average molecular weight is 468 g/mol. The third kappa shape index (κ3) is 4.70. The highest BCUT2D eigenvalue weighted by atomic mass is 32.2. The molecule has 0 radical (unpaired) electrons. The number of pyridine rings is 1. The fourth-order valence-electron chi connectivity index (χ4n) is 3.91. The Morgan fingerprint density at radius 3 is 2.55 bits per heavy atom. The van der Waals surface area contributed by atoms with E-state index in [1.165, 1.54) is 30.8 Å². The lowest BCUT2D eigenvalue weighted by molar-refractivity contribution is 0.0589. The first-order valence-electron chi connectivity index (χ1n) is 10.6. The summed E-state index contributed by atoms with van der Waals surface area (Å²) in [7, 11) is 2.84. The monoisotopic (exact) mass is 467 g/mol. The normalized spacial score (nSPS) is 18.1. The number of thioether (sulfide) groups is 1. The van der Waals surface area contributed by atoms with Gasteiger partial charge in [-0.25, -0.2) is 9.78 Å². The van der Waals surface area contributed by atoms with Crippen molar-refractivity contribution in [1.82, 2.24) is 24.9 Å². The van der Waals surface area contributed by atoms with Gasteiger partial charge in [-0.1, -0.05) is 12.1 Å². The molecule has 3 aromatic rings. The maximum atomic E-state index is 13.6. The molecule has 2 atom stereocenters. The van der Waals surface area contributed by atoms with Crippen molar-refractivity contribution >= 4 is 23.6 Å². The number of nitrogens with zero attached hydrogens (tertiary/aromatic N) is 5. The number of hydrogen-bond donors (Lipinski definition) is 0. The Morgan fingerprint density at radius 2 is 1.82 bits per heavy atom. The zero-order chi connectivity index (χ0) is 23.4. The molecule has 10 heteroatoms. The summed E-state index contributed by atoms with van der Waals surface area (Å²) in [6.07, 6.45) is 6.49. The van der Waals surface area contributed by atoms with Gasteiger partial charge in [0, 0.05) is 24.0 Å². The van der Waals surface area contributed by atoms with Gasteiger partial charge in [-0.05, 0) is 38.0 Å². The van der Waals surface area contributed by atoms with Crippen molar-refractivity contribution in [3.05, 3.63) is 60.0 Å². The van der Waals surface area contributed by atoms with Crippen molar-refractivity contribution in [2.75, 3.05) is 20.8 Å². The number of benzene rings is 1.